The molecule has 148 valence electrons. The third-order valence-electron chi connectivity index (χ3n) is 4.37. The van der Waals surface area contributed by atoms with Gasteiger partial charge in [-0.3, -0.25) is 9.59 Å². The molecule has 0 heterocycles. The summed E-state index contributed by atoms with van der Waals surface area (Å²) in [5.74, 6) is 0.553. The Kier molecular flexibility index (Phi) is 8.24. The van der Waals surface area contributed by atoms with E-state index in [0.29, 0.717) is 18.8 Å². The summed E-state index contributed by atoms with van der Waals surface area (Å²) < 4.78 is 5.11. The summed E-state index contributed by atoms with van der Waals surface area (Å²) >= 11 is 0. The van der Waals surface area contributed by atoms with Crippen LogP contribution in [0.15, 0.2) is 67.3 Å². The molecule has 6 heteroatoms. The largest absolute Gasteiger partial charge is 0.497 e. The molecule has 2 N–H and O–H groups in total. The number of para-hydroxylation sites is 1. The lowest BCUT2D eigenvalue weighted by molar-refractivity contribution is -0.881. The summed E-state index contributed by atoms with van der Waals surface area (Å²) in [7, 11) is 1.60. The van der Waals surface area contributed by atoms with Crippen LogP contribution in [0.25, 0.3) is 0 Å². The molecular weight excluding hydrogens is 354 g/mol. The number of quaternary nitrogens is 1. The van der Waals surface area contributed by atoms with Crippen LogP contribution in [0.5, 0.6) is 5.75 Å². The molecule has 0 saturated heterocycles. The van der Waals surface area contributed by atoms with Gasteiger partial charge in [0.1, 0.15) is 5.75 Å². The summed E-state index contributed by atoms with van der Waals surface area (Å²) in [4.78, 5) is 27.8. The highest BCUT2D eigenvalue weighted by Gasteiger charge is 2.21. The number of nitrogens with one attached hydrogen (secondary N) is 2. The number of carbonyl (C=O) groups is 2. The van der Waals surface area contributed by atoms with E-state index < -0.39 is 0 Å². The van der Waals surface area contributed by atoms with Crippen molar-refractivity contribution in [2.24, 2.45) is 0 Å². The normalized spacial score (nSPS) is 11.4. The van der Waals surface area contributed by atoms with Crippen molar-refractivity contribution in [3.63, 3.8) is 0 Å². The lowest BCUT2D eigenvalue weighted by atomic mass is 10.2. The Hall–Kier alpha value is -3.12. The van der Waals surface area contributed by atoms with Crippen LogP contribution in [0, 0.1) is 0 Å². The fourth-order valence-corrected chi connectivity index (χ4v) is 2.82. The number of benzene rings is 2. The van der Waals surface area contributed by atoms with E-state index in [9.17, 15) is 9.59 Å². The van der Waals surface area contributed by atoms with E-state index in [1.165, 1.54) is 0 Å². The lowest BCUT2D eigenvalue weighted by Crippen LogP contribution is -3.14. The van der Waals surface area contributed by atoms with Crippen molar-refractivity contribution in [1.29, 1.82) is 0 Å². The van der Waals surface area contributed by atoms with Gasteiger partial charge in [-0.25, -0.2) is 0 Å². The molecule has 1 unspecified atom stereocenters. The SMILES string of the molecule is C=CCN(C(=O)C[NH+](CC)CC(=O)Nc1ccc(OC)cc1)c1ccccc1. The van der Waals surface area contributed by atoms with Gasteiger partial charge in [0.15, 0.2) is 13.1 Å². The zero-order valence-electron chi connectivity index (χ0n) is 16.5. The van der Waals surface area contributed by atoms with Gasteiger partial charge in [0.05, 0.1) is 13.7 Å². The molecule has 6 nitrogen and oxygen atoms in total. The molecule has 0 aliphatic rings. The van der Waals surface area contributed by atoms with E-state index in [1.54, 1.807) is 42.4 Å². The maximum atomic E-state index is 12.8. The fourth-order valence-electron chi connectivity index (χ4n) is 2.82. The topological polar surface area (TPSA) is 63.1 Å². The maximum Gasteiger partial charge on any atom is 0.282 e. The molecule has 28 heavy (non-hydrogen) atoms. The van der Waals surface area contributed by atoms with Crippen LogP contribution >= 0.6 is 0 Å². The van der Waals surface area contributed by atoms with E-state index in [-0.39, 0.29) is 24.9 Å². The Morgan fingerprint density at radius 3 is 2.36 bits per heavy atom. The minimum Gasteiger partial charge on any atom is -0.497 e. The van der Waals surface area contributed by atoms with Crippen molar-refractivity contribution < 1.29 is 19.2 Å². The molecule has 0 spiro atoms. The molecule has 2 amide bonds. The van der Waals surface area contributed by atoms with Crippen LogP contribution in [0.3, 0.4) is 0 Å². The first-order valence-corrected chi connectivity index (χ1v) is 9.31. The number of carbonyl (C=O) groups excluding carboxylic acids is 2. The van der Waals surface area contributed by atoms with Crippen LogP contribution in [0.4, 0.5) is 11.4 Å². The zero-order valence-corrected chi connectivity index (χ0v) is 16.5. The number of nitrogens with zero attached hydrogens (tertiary/aromatic N) is 1. The molecule has 0 saturated carbocycles. The fraction of sp³-hybridized carbons (Fsp3) is 0.273. The highest BCUT2D eigenvalue weighted by atomic mass is 16.5. The van der Waals surface area contributed by atoms with E-state index in [4.69, 9.17) is 4.74 Å². The van der Waals surface area contributed by atoms with Gasteiger partial charge in [-0.2, -0.15) is 0 Å². The molecule has 2 aromatic rings. The van der Waals surface area contributed by atoms with E-state index in [0.717, 1.165) is 16.3 Å². The van der Waals surface area contributed by atoms with Gasteiger partial charge in [-0.05, 0) is 43.3 Å². The van der Waals surface area contributed by atoms with Crippen molar-refractivity contribution in [3.05, 3.63) is 67.3 Å². The number of methoxy groups -OCH3 is 1. The van der Waals surface area contributed by atoms with Gasteiger partial charge in [-0.15, -0.1) is 6.58 Å². The average molecular weight is 382 g/mol. The van der Waals surface area contributed by atoms with Crippen LogP contribution < -0.4 is 19.9 Å². The van der Waals surface area contributed by atoms with Crippen LogP contribution in [-0.2, 0) is 9.59 Å². The quantitative estimate of drug-likeness (QED) is 0.616. The number of hydrogen-bond donors (Lipinski definition) is 2. The van der Waals surface area contributed by atoms with Gasteiger partial charge >= 0.3 is 0 Å². The van der Waals surface area contributed by atoms with Crippen molar-refractivity contribution in [3.8, 4) is 5.75 Å². The Labute approximate surface area is 166 Å². The second kappa shape index (κ2) is 10.9. The first-order chi connectivity index (χ1) is 13.6. The average Bonchev–Trinajstić information content (AvgIpc) is 2.72. The molecule has 2 aromatic carbocycles. The van der Waals surface area contributed by atoms with Gasteiger partial charge in [0, 0.05) is 17.9 Å². The second-order valence-electron chi connectivity index (χ2n) is 6.36. The molecule has 0 aliphatic heterocycles. The minimum atomic E-state index is -0.134. The number of ether oxygens (including phenoxy) is 1. The standard InChI is InChI=1S/C22H27N3O3/c1-4-15-25(19-9-7-6-8-10-19)22(27)17-24(5-2)16-21(26)23-18-11-13-20(28-3)14-12-18/h4,6-14H,1,5,15-17H2,2-3H3,(H,23,26)/p+1. The summed E-state index contributed by atoms with van der Waals surface area (Å²) in [5, 5.41) is 2.86. The molecular formula is C22H28N3O3+. The number of anilines is 2. The van der Waals surface area contributed by atoms with Crippen molar-refractivity contribution in [2.75, 3.05) is 43.5 Å². The minimum absolute atomic E-state index is 0.0415. The third kappa shape index (κ3) is 6.25. The summed E-state index contributed by atoms with van der Waals surface area (Å²) in [5.41, 5.74) is 1.52. The summed E-state index contributed by atoms with van der Waals surface area (Å²) in [6.07, 6.45) is 1.70. The summed E-state index contributed by atoms with van der Waals surface area (Å²) in [6, 6.07) is 16.6. The Bertz CT molecular complexity index is 775. The molecule has 0 aromatic heterocycles. The van der Waals surface area contributed by atoms with Gasteiger partial charge < -0.3 is 19.9 Å². The molecule has 0 aliphatic carbocycles. The Morgan fingerprint density at radius 2 is 1.79 bits per heavy atom. The summed E-state index contributed by atoms with van der Waals surface area (Å²) in [6.45, 7) is 7.24. The van der Waals surface area contributed by atoms with Crippen LogP contribution in [0.1, 0.15) is 6.92 Å². The first-order valence-electron chi connectivity index (χ1n) is 9.31. The Morgan fingerprint density at radius 1 is 1.11 bits per heavy atom. The van der Waals surface area contributed by atoms with Crippen LogP contribution in [-0.4, -0.2) is 45.1 Å². The van der Waals surface area contributed by atoms with E-state index in [2.05, 4.69) is 11.9 Å². The maximum absolute atomic E-state index is 12.8. The van der Waals surface area contributed by atoms with Crippen molar-refractivity contribution >= 4 is 23.2 Å². The van der Waals surface area contributed by atoms with Crippen LogP contribution in [0.2, 0.25) is 0 Å². The van der Waals surface area contributed by atoms with E-state index >= 15 is 0 Å². The molecule has 0 radical (unpaired) electrons. The van der Waals surface area contributed by atoms with Gasteiger partial charge in [0.2, 0.25) is 0 Å². The Balaban J connectivity index is 1.96. The van der Waals surface area contributed by atoms with Gasteiger partial charge in [-0.1, -0.05) is 24.3 Å². The number of amides is 2. The number of likely N-dealkylation sites (N-methyl/N-ethyl adjacent to an activating group) is 1. The van der Waals surface area contributed by atoms with E-state index in [1.807, 2.05) is 37.3 Å². The zero-order chi connectivity index (χ0) is 20.4. The third-order valence-corrected chi connectivity index (χ3v) is 4.37. The predicted molar refractivity (Wildman–Crippen MR) is 112 cm³/mol. The predicted octanol–water partition coefficient (Wildman–Crippen LogP) is 1.76. The number of rotatable bonds is 10. The smallest absolute Gasteiger partial charge is 0.282 e. The van der Waals surface area contributed by atoms with Crippen molar-refractivity contribution in [2.45, 2.75) is 6.92 Å². The molecule has 2 rings (SSSR count). The highest BCUT2D eigenvalue weighted by Crippen LogP contribution is 2.15. The number of hydrogen-bond acceptors (Lipinski definition) is 3. The monoisotopic (exact) mass is 382 g/mol. The first kappa shape index (κ1) is 21.2. The highest BCUT2D eigenvalue weighted by molar-refractivity contribution is 5.95. The lowest BCUT2D eigenvalue weighted by Gasteiger charge is -2.24. The molecule has 1 atom stereocenters. The van der Waals surface area contributed by atoms with Gasteiger partial charge in [0.25, 0.3) is 11.8 Å². The second-order valence-corrected chi connectivity index (χ2v) is 6.36. The molecule has 0 fully saturated rings. The van der Waals surface area contributed by atoms with Crippen molar-refractivity contribution in [1.82, 2.24) is 0 Å². The molecule has 0 bridgehead atoms.